The number of carbonyl (C=O) groups is 1. The minimum atomic E-state index is -0.0378. The highest BCUT2D eigenvalue weighted by Gasteiger charge is 2.26. The Labute approximate surface area is 110 Å². The fourth-order valence-electron chi connectivity index (χ4n) is 2.04. The van der Waals surface area contributed by atoms with E-state index in [1.807, 2.05) is 11.3 Å². The molecular formula is C13H14ClN3O. The Kier molecular flexibility index (Phi) is 2.74. The summed E-state index contributed by atoms with van der Waals surface area (Å²) >= 11 is 5.94. The molecule has 0 unspecified atom stereocenters. The molecule has 0 spiro atoms. The van der Waals surface area contributed by atoms with E-state index in [-0.39, 0.29) is 5.91 Å². The molecule has 1 saturated carbocycles. The second kappa shape index (κ2) is 4.28. The van der Waals surface area contributed by atoms with Gasteiger partial charge in [-0.15, -0.1) is 0 Å². The summed E-state index contributed by atoms with van der Waals surface area (Å²) < 4.78 is 1.81. The van der Waals surface area contributed by atoms with Gasteiger partial charge in [-0.1, -0.05) is 18.5 Å². The molecule has 18 heavy (non-hydrogen) atoms. The van der Waals surface area contributed by atoms with Gasteiger partial charge in [-0.05, 0) is 25.3 Å². The summed E-state index contributed by atoms with van der Waals surface area (Å²) in [6, 6.07) is 3.89. The Morgan fingerprint density at radius 2 is 2.39 bits per heavy atom. The predicted molar refractivity (Wildman–Crippen MR) is 70.1 cm³/mol. The first kappa shape index (κ1) is 11.5. The number of fused-ring (bicyclic) bond motifs is 1. The Morgan fingerprint density at radius 3 is 3.06 bits per heavy atom. The normalized spacial score (nSPS) is 15.0. The smallest absolute Gasteiger partial charge is 0.270 e. The molecule has 0 saturated heterocycles. The van der Waals surface area contributed by atoms with E-state index in [1.165, 1.54) is 0 Å². The van der Waals surface area contributed by atoms with Gasteiger partial charge in [-0.2, -0.15) is 0 Å². The number of hydrogen-bond acceptors (Lipinski definition) is 2. The van der Waals surface area contributed by atoms with E-state index in [0.29, 0.717) is 16.8 Å². The first-order valence-corrected chi connectivity index (χ1v) is 6.54. The lowest BCUT2D eigenvalue weighted by atomic mass is 10.2. The monoisotopic (exact) mass is 263 g/mol. The van der Waals surface area contributed by atoms with E-state index in [2.05, 4.69) is 10.3 Å². The molecule has 1 fully saturated rings. The molecule has 1 aliphatic rings. The van der Waals surface area contributed by atoms with E-state index in [0.717, 1.165) is 30.6 Å². The quantitative estimate of drug-likeness (QED) is 0.925. The first-order chi connectivity index (χ1) is 8.69. The van der Waals surface area contributed by atoms with Crippen molar-refractivity contribution >= 4 is 23.2 Å². The maximum atomic E-state index is 12.2. The Bertz CT molecular complexity index is 616. The fourth-order valence-corrected chi connectivity index (χ4v) is 2.19. The van der Waals surface area contributed by atoms with E-state index < -0.39 is 0 Å². The van der Waals surface area contributed by atoms with Crippen molar-refractivity contribution in [1.82, 2.24) is 14.7 Å². The number of nitrogens with one attached hydrogen (secondary N) is 1. The van der Waals surface area contributed by atoms with Crippen LogP contribution in [0.1, 0.15) is 35.9 Å². The Morgan fingerprint density at radius 1 is 1.61 bits per heavy atom. The molecule has 2 heterocycles. The molecule has 2 aromatic heterocycles. The summed E-state index contributed by atoms with van der Waals surface area (Å²) in [6.45, 7) is 2.00. The van der Waals surface area contributed by atoms with Gasteiger partial charge >= 0.3 is 0 Å². The zero-order chi connectivity index (χ0) is 12.7. The van der Waals surface area contributed by atoms with Gasteiger partial charge in [0.2, 0.25) is 0 Å². The van der Waals surface area contributed by atoms with Gasteiger partial charge in [0.1, 0.15) is 11.3 Å². The zero-order valence-electron chi connectivity index (χ0n) is 10.1. The standard InChI is InChI=1S/C13H14ClN3O/c1-2-10-12(13(18)15-9-3-4-9)17-6-5-8(14)7-11(17)16-10/h5-7,9H,2-4H2,1H3,(H,15,18). The Hall–Kier alpha value is -1.55. The van der Waals surface area contributed by atoms with Crippen LogP contribution in [0, 0.1) is 0 Å². The van der Waals surface area contributed by atoms with Crippen molar-refractivity contribution in [1.29, 1.82) is 0 Å². The van der Waals surface area contributed by atoms with Crippen LogP contribution >= 0.6 is 11.6 Å². The lowest BCUT2D eigenvalue weighted by Crippen LogP contribution is -2.27. The van der Waals surface area contributed by atoms with Crippen LogP contribution in [0.3, 0.4) is 0 Å². The van der Waals surface area contributed by atoms with Crippen LogP contribution in [0.4, 0.5) is 0 Å². The second-order valence-corrected chi connectivity index (χ2v) is 5.02. The van der Waals surface area contributed by atoms with Gasteiger partial charge in [-0.25, -0.2) is 4.98 Å². The summed E-state index contributed by atoms with van der Waals surface area (Å²) in [4.78, 5) is 16.7. The highest BCUT2D eigenvalue weighted by atomic mass is 35.5. The van der Waals surface area contributed by atoms with Gasteiger partial charge in [-0.3, -0.25) is 9.20 Å². The number of carbonyl (C=O) groups excluding carboxylic acids is 1. The highest BCUT2D eigenvalue weighted by Crippen LogP contribution is 2.21. The minimum Gasteiger partial charge on any atom is -0.348 e. The van der Waals surface area contributed by atoms with E-state index in [9.17, 15) is 4.79 Å². The van der Waals surface area contributed by atoms with Gasteiger partial charge in [0.25, 0.3) is 5.91 Å². The summed E-state index contributed by atoms with van der Waals surface area (Å²) in [6.07, 6.45) is 4.68. The number of aromatic nitrogens is 2. The van der Waals surface area contributed by atoms with Crippen molar-refractivity contribution in [3.05, 3.63) is 34.7 Å². The van der Waals surface area contributed by atoms with Crippen molar-refractivity contribution < 1.29 is 4.79 Å². The van der Waals surface area contributed by atoms with Crippen LogP contribution in [0.15, 0.2) is 18.3 Å². The molecule has 94 valence electrons. The number of pyridine rings is 1. The van der Waals surface area contributed by atoms with Gasteiger partial charge in [0, 0.05) is 23.3 Å². The summed E-state index contributed by atoms with van der Waals surface area (Å²) in [5.74, 6) is -0.0378. The first-order valence-electron chi connectivity index (χ1n) is 6.16. The van der Waals surface area contributed by atoms with Crippen LogP contribution in [0.25, 0.3) is 5.65 Å². The SMILES string of the molecule is CCc1nc2cc(Cl)ccn2c1C(=O)NC1CC1. The van der Waals surface area contributed by atoms with Crippen LogP contribution in [0.2, 0.25) is 5.02 Å². The molecule has 0 radical (unpaired) electrons. The lowest BCUT2D eigenvalue weighted by molar-refractivity contribution is 0.0944. The van der Waals surface area contributed by atoms with Crippen molar-refractivity contribution in [2.75, 3.05) is 0 Å². The maximum absolute atomic E-state index is 12.2. The average molecular weight is 264 g/mol. The van der Waals surface area contributed by atoms with Crippen molar-refractivity contribution in [2.45, 2.75) is 32.2 Å². The molecule has 1 N–H and O–H groups in total. The molecule has 1 aliphatic carbocycles. The van der Waals surface area contributed by atoms with Gasteiger partial charge in [0.05, 0.1) is 5.69 Å². The molecule has 0 aliphatic heterocycles. The van der Waals surface area contributed by atoms with E-state index in [4.69, 9.17) is 11.6 Å². The highest BCUT2D eigenvalue weighted by molar-refractivity contribution is 6.30. The summed E-state index contributed by atoms with van der Waals surface area (Å²) in [5.41, 5.74) is 2.17. The third-order valence-corrected chi connectivity index (χ3v) is 3.36. The Balaban J connectivity index is 2.09. The molecule has 1 amide bonds. The molecular weight excluding hydrogens is 250 g/mol. The third-order valence-electron chi connectivity index (χ3n) is 3.12. The van der Waals surface area contributed by atoms with Crippen molar-refractivity contribution in [3.63, 3.8) is 0 Å². The number of aryl methyl sites for hydroxylation is 1. The van der Waals surface area contributed by atoms with Gasteiger partial charge < -0.3 is 5.32 Å². The number of amides is 1. The topological polar surface area (TPSA) is 46.4 Å². The summed E-state index contributed by atoms with van der Waals surface area (Å²) in [7, 11) is 0. The fraction of sp³-hybridized carbons (Fsp3) is 0.385. The molecule has 4 nitrogen and oxygen atoms in total. The molecule has 0 bridgehead atoms. The van der Waals surface area contributed by atoms with Crippen LogP contribution in [0.5, 0.6) is 0 Å². The minimum absolute atomic E-state index is 0.0378. The molecule has 3 rings (SSSR count). The molecule has 2 aromatic rings. The third kappa shape index (κ3) is 1.97. The van der Waals surface area contributed by atoms with Gasteiger partial charge in [0.15, 0.2) is 0 Å². The number of nitrogens with zero attached hydrogens (tertiary/aromatic N) is 2. The second-order valence-electron chi connectivity index (χ2n) is 4.58. The molecule has 5 heteroatoms. The summed E-state index contributed by atoms with van der Waals surface area (Å²) in [5, 5.41) is 3.63. The number of halogens is 1. The van der Waals surface area contributed by atoms with E-state index in [1.54, 1.807) is 18.3 Å². The largest absolute Gasteiger partial charge is 0.348 e. The van der Waals surface area contributed by atoms with Crippen molar-refractivity contribution in [2.24, 2.45) is 0 Å². The van der Waals surface area contributed by atoms with Crippen LogP contribution in [-0.2, 0) is 6.42 Å². The zero-order valence-corrected chi connectivity index (χ0v) is 10.9. The van der Waals surface area contributed by atoms with Crippen LogP contribution in [-0.4, -0.2) is 21.3 Å². The number of imidazole rings is 1. The van der Waals surface area contributed by atoms with Crippen molar-refractivity contribution in [3.8, 4) is 0 Å². The predicted octanol–water partition coefficient (Wildman–Crippen LogP) is 2.44. The van der Waals surface area contributed by atoms with E-state index >= 15 is 0 Å². The number of rotatable bonds is 3. The molecule has 0 atom stereocenters. The lowest BCUT2D eigenvalue weighted by Gasteiger charge is -2.05. The van der Waals surface area contributed by atoms with Crippen LogP contribution < -0.4 is 5.32 Å². The maximum Gasteiger partial charge on any atom is 0.270 e. The molecule has 0 aromatic carbocycles. The number of hydrogen-bond donors (Lipinski definition) is 1. The average Bonchev–Trinajstić information content (AvgIpc) is 3.07.